The molecule has 0 bridgehead atoms. The summed E-state index contributed by atoms with van der Waals surface area (Å²) in [5.74, 6) is 2.59. The van der Waals surface area contributed by atoms with Gasteiger partial charge in [-0.15, -0.1) is 22.0 Å². The molecule has 21 heavy (non-hydrogen) atoms. The number of thioether (sulfide) groups is 1. The van der Waals surface area contributed by atoms with Crippen LogP contribution < -0.4 is 5.32 Å². The van der Waals surface area contributed by atoms with Gasteiger partial charge in [0.15, 0.2) is 0 Å². The second-order valence-electron chi connectivity index (χ2n) is 5.53. The molecule has 2 atom stereocenters. The Hall–Kier alpha value is -1.33. The van der Waals surface area contributed by atoms with E-state index in [2.05, 4.69) is 41.5 Å². The van der Waals surface area contributed by atoms with Crippen LogP contribution in [0.25, 0.3) is 0 Å². The first-order valence-electron chi connectivity index (χ1n) is 7.49. The van der Waals surface area contributed by atoms with E-state index in [4.69, 9.17) is 4.42 Å². The summed E-state index contributed by atoms with van der Waals surface area (Å²) in [6.07, 6.45) is 2.32. The molecule has 0 aliphatic carbocycles. The van der Waals surface area contributed by atoms with Crippen molar-refractivity contribution in [2.45, 2.75) is 37.5 Å². The maximum Gasteiger partial charge on any atom is 0.238 e. The van der Waals surface area contributed by atoms with E-state index in [-0.39, 0.29) is 10.8 Å². The molecule has 2 aromatic rings. The molecule has 5 heteroatoms. The topological polar surface area (TPSA) is 51.0 Å². The second-order valence-corrected chi connectivity index (χ2v) is 7.13. The molecule has 1 saturated heterocycles. The lowest BCUT2D eigenvalue weighted by molar-refractivity contribution is 0.376. The van der Waals surface area contributed by atoms with Crippen molar-refractivity contribution in [3.63, 3.8) is 0 Å². The minimum atomic E-state index is -0.0348. The predicted octanol–water partition coefficient (Wildman–Crippen LogP) is 3.51. The molecule has 4 nitrogen and oxygen atoms in total. The van der Waals surface area contributed by atoms with Gasteiger partial charge in [0.1, 0.15) is 6.04 Å². The van der Waals surface area contributed by atoms with E-state index in [1.807, 2.05) is 30.0 Å². The summed E-state index contributed by atoms with van der Waals surface area (Å²) in [5.41, 5.74) is 1.15. The molecule has 1 aromatic heterocycles. The third kappa shape index (κ3) is 2.99. The molecular formula is C16H21N3OS. The highest BCUT2D eigenvalue weighted by Crippen LogP contribution is 2.45. The first-order valence-corrected chi connectivity index (χ1v) is 8.47. The summed E-state index contributed by atoms with van der Waals surface area (Å²) >= 11 is 1.92. The van der Waals surface area contributed by atoms with Crippen molar-refractivity contribution in [1.29, 1.82) is 0 Å². The molecule has 1 aromatic carbocycles. The van der Waals surface area contributed by atoms with E-state index >= 15 is 0 Å². The van der Waals surface area contributed by atoms with Crippen LogP contribution in [0, 0.1) is 0 Å². The number of nitrogens with zero attached hydrogens (tertiary/aromatic N) is 2. The maximum atomic E-state index is 6.03. The van der Waals surface area contributed by atoms with Gasteiger partial charge in [0.25, 0.3) is 0 Å². The Morgan fingerprint density at radius 1 is 1.33 bits per heavy atom. The zero-order chi connectivity index (χ0) is 14.7. The monoisotopic (exact) mass is 303 g/mol. The van der Waals surface area contributed by atoms with Crippen LogP contribution in [0.2, 0.25) is 0 Å². The highest BCUT2D eigenvalue weighted by Gasteiger charge is 2.37. The Balaban J connectivity index is 1.89. The Bertz CT molecular complexity index is 578. The highest BCUT2D eigenvalue weighted by molar-refractivity contribution is 8.00. The molecular weight excluding hydrogens is 282 g/mol. The molecule has 0 spiro atoms. The standard InChI is InChI=1S/C16H21N3OS/c1-3-17-13(12-8-5-4-6-9-12)14-18-19-15(20-14)16(2)10-7-11-21-16/h4-6,8-9,13,17H,3,7,10-11H2,1-2H3. The van der Waals surface area contributed by atoms with Crippen molar-refractivity contribution in [2.24, 2.45) is 0 Å². The van der Waals surface area contributed by atoms with Gasteiger partial charge >= 0.3 is 0 Å². The normalized spacial score (nSPS) is 23.3. The van der Waals surface area contributed by atoms with Gasteiger partial charge in [-0.3, -0.25) is 0 Å². The quantitative estimate of drug-likeness (QED) is 0.916. The largest absolute Gasteiger partial charge is 0.422 e. The molecule has 0 radical (unpaired) electrons. The van der Waals surface area contributed by atoms with Gasteiger partial charge in [0.2, 0.25) is 11.8 Å². The van der Waals surface area contributed by atoms with Crippen molar-refractivity contribution in [3.8, 4) is 0 Å². The predicted molar refractivity (Wildman–Crippen MR) is 85.3 cm³/mol. The fraction of sp³-hybridized carbons (Fsp3) is 0.500. The zero-order valence-corrected chi connectivity index (χ0v) is 13.3. The third-order valence-electron chi connectivity index (χ3n) is 3.90. The lowest BCUT2D eigenvalue weighted by Crippen LogP contribution is -2.22. The first-order chi connectivity index (χ1) is 10.2. The van der Waals surface area contributed by atoms with Crippen molar-refractivity contribution in [1.82, 2.24) is 15.5 Å². The summed E-state index contributed by atoms with van der Waals surface area (Å²) in [5, 5.41) is 12.1. The average Bonchev–Trinajstić information content (AvgIpc) is 3.16. The molecule has 2 unspecified atom stereocenters. The number of rotatable bonds is 5. The van der Waals surface area contributed by atoms with Gasteiger partial charge in [-0.2, -0.15) is 0 Å². The summed E-state index contributed by atoms with van der Waals surface area (Å²) < 4.78 is 6.02. The maximum absolute atomic E-state index is 6.03. The molecule has 112 valence electrons. The van der Waals surface area contributed by atoms with Crippen LogP contribution in [0.1, 0.15) is 50.1 Å². The van der Waals surface area contributed by atoms with Crippen LogP contribution in [-0.2, 0) is 4.75 Å². The molecule has 1 N–H and O–H groups in total. The lowest BCUT2D eigenvalue weighted by atomic mass is 10.1. The molecule has 1 aliphatic rings. The number of nitrogens with one attached hydrogen (secondary N) is 1. The van der Waals surface area contributed by atoms with Crippen LogP contribution in [0.5, 0.6) is 0 Å². The van der Waals surface area contributed by atoms with Gasteiger partial charge in [0, 0.05) is 0 Å². The Labute approximate surface area is 129 Å². The first kappa shape index (κ1) is 14.6. The van der Waals surface area contributed by atoms with E-state index in [0.717, 1.165) is 24.4 Å². The third-order valence-corrected chi connectivity index (χ3v) is 5.41. The van der Waals surface area contributed by atoms with Crippen LogP contribution >= 0.6 is 11.8 Å². The van der Waals surface area contributed by atoms with Crippen molar-refractivity contribution >= 4 is 11.8 Å². The zero-order valence-electron chi connectivity index (χ0n) is 12.5. The molecule has 3 rings (SSSR count). The van der Waals surface area contributed by atoms with Crippen molar-refractivity contribution in [2.75, 3.05) is 12.3 Å². The number of aromatic nitrogens is 2. The number of benzene rings is 1. The fourth-order valence-electron chi connectivity index (χ4n) is 2.71. The lowest BCUT2D eigenvalue weighted by Gasteiger charge is -2.17. The van der Waals surface area contributed by atoms with Gasteiger partial charge in [-0.05, 0) is 37.6 Å². The summed E-state index contributed by atoms with van der Waals surface area (Å²) in [6, 6.07) is 10.2. The minimum absolute atomic E-state index is 0.0152. The van der Waals surface area contributed by atoms with Crippen LogP contribution in [0.15, 0.2) is 34.7 Å². The fourth-order valence-corrected chi connectivity index (χ4v) is 3.94. The molecule has 0 saturated carbocycles. The molecule has 2 heterocycles. The minimum Gasteiger partial charge on any atom is -0.422 e. The SMILES string of the molecule is CCNC(c1ccccc1)c1nnc(C2(C)CCCS2)o1. The second kappa shape index (κ2) is 6.20. The highest BCUT2D eigenvalue weighted by atomic mass is 32.2. The smallest absolute Gasteiger partial charge is 0.238 e. The van der Waals surface area contributed by atoms with E-state index in [1.54, 1.807) is 0 Å². The Morgan fingerprint density at radius 3 is 2.81 bits per heavy atom. The molecule has 1 fully saturated rings. The summed E-state index contributed by atoms with van der Waals surface area (Å²) in [4.78, 5) is 0. The molecule has 1 aliphatic heterocycles. The average molecular weight is 303 g/mol. The Kier molecular flexibility index (Phi) is 4.31. The van der Waals surface area contributed by atoms with Gasteiger partial charge in [0.05, 0.1) is 4.75 Å². The van der Waals surface area contributed by atoms with Crippen LogP contribution in [0.3, 0.4) is 0 Å². The molecule has 0 amide bonds. The van der Waals surface area contributed by atoms with E-state index in [9.17, 15) is 0 Å². The van der Waals surface area contributed by atoms with Gasteiger partial charge in [-0.25, -0.2) is 0 Å². The van der Waals surface area contributed by atoms with E-state index < -0.39 is 0 Å². The number of hydrogen-bond donors (Lipinski definition) is 1. The van der Waals surface area contributed by atoms with Crippen molar-refractivity contribution in [3.05, 3.63) is 47.7 Å². The van der Waals surface area contributed by atoms with Crippen LogP contribution in [-0.4, -0.2) is 22.5 Å². The van der Waals surface area contributed by atoms with Gasteiger partial charge in [-0.1, -0.05) is 37.3 Å². The van der Waals surface area contributed by atoms with E-state index in [1.165, 1.54) is 12.2 Å². The van der Waals surface area contributed by atoms with Gasteiger partial charge < -0.3 is 9.73 Å². The van der Waals surface area contributed by atoms with E-state index in [0.29, 0.717) is 5.89 Å². The summed E-state index contributed by atoms with van der Waals surface area (Å²) in [6.45, 7) is 5.14. The summed E-state index contributed by atoms with van der Waals surface area (Å²) in [7, 11) is 0. The van der Waals surface area contributed by atoms with Crippen LogP contribution in [0.4, 0.5) is 0 Å². The number of hydrogen-bond acceptors (Lipinski definition) is 5. The van der Waals surface area contributed by atoms with Crippen molar-refractivity contribution < 1.29 is 4.42 Å². The Morgan fingerprint density at radius 2 is 2.14 bits per heavy atom.